The lowest BCUT2D eigenvalue weighted by molar-refractivity contribution is -0.146. The molecule has 0 saturated carbocycles. The first kappa shape index (κ1) is 11.5. The van der Waals surface area contributed by atoms with Gasteiger partial charge < -0.3 is 9.30 Å². The summed E-state index contributed by atoms with van der Waals surface area (Å²) in [6.07, 6.45) is 3.66. The number of ether oxygens (including phenoxy) is 1. The number of carbonyl (C=O) groups excluding carboxylic acids is 1. The summed E-state index contributed by atoms with van der Waals surface area (Å²) in [5.41, 5.74) is 1.21. The fourth-order valence-electron chi connectivity index (χ4n) is 2.41. The van der Waals surface area contributed by atoms with Crippen molar-refractivity contribution in [2.45, 2.75) is 19.4 Å². The minimum absolute atomic E-state index is 0.0459. The van der Waals surface area contributed by atoms with Gasteiger partial charge in [-0.25, -0.2) is 4.98 Å². The topological polar surface area (TPSA) is 44.1 Å². The Bertz CT molecular complexity index is 560. The maximum absolute atomic E-state index is 11.6. The van der Waals surface area contributed by atoms with Crippen LogP contribution >= 0.6 is 11.3 Å². The fourth-order valence-corrected chi connectivity index (χ4v) is 3.14. The highest BCUT2D eigenvalue weighted by Gasteiger charge is 2.27. The zero-order valence-corrected chi connectivity index (χ0v) is 10.9. The van der Waals surface area contributed by atoms with Gasteiger partial charge in [0.15, 0.2) is 0 Å². The van der Waals surface area contributed by atoms with E-state index in [0.717, 1.165) is 23.5 Å². The molecule has 5 heteroatoms. The van der Waals surface area contributed by atoms with E-state index < -0.39 is 0 Å². The summed E-state index contributed by atoms with van der Waals surface area (Å²) in [6.45, 7) is 0.676. The fraction of sp³-hybridized carbons (Fsp3) is 0.385. The molecule has 2 aromatic rings. The van der Waals surface area contributed by atoms with Crippen LogP contribution in [0.25, 0.3) is 10.7 Å². The van der Waals surface area contributed by atoms with Gasteiger partial charge in [0.1, 0.15) is 5.82 Å². The molecule has 0 bridgehead atoms. The molecule has 0 saturated heterocycles. The lowest BCUT2D eigenvalue weighted by Crippen LogP contribution is -2.27. The van der Waals surface area contributed by atoms with E-state index in [-0.39, 0.29) is 11.9 Å². The third kappa shape index (κ3) is 1.84. The largest absolute Gasteiger partial charge is 0.469 e. The summed E-state index contributed by atoms with van der Waals surface area (Å²) in [7, 11) is 1.45. The van der Waals surface area contributed by atoms with Crippen molar-refractivity contribution < 1.29 is 9.53 Å². The zero-order chi connectivity index (χ0) is 12.5. The van der Waals surface area contributed by atoms with Crippen molar-refractivity contribution in [2.24, 2.45) is 5.92 Å². The quantitative estimate of drug-likeness (QED) is 0.780. The van der Waals surface area contributed by atoms with Gasteiger partial charge in [0.05, 0.1) is 17.9 Å². The molecule has 94 valence electrons. The molecule has 1 unspecified atom stereocenters. The Morgan fingerprint density at radius 2 is 2.50 bits per heavy atom. The van der Waals surface area contributed by atoms with Crippen molar-refractivity contribution in [3.05, 3.63) is 29.4 Å². The van der Waals surface area contributed by atoms with Crippen molar-refractivity contribution in [1.82, 2.24) is 9.55 Å². The first-order chi connectivity index (χ1) is 8.79. The minimum atomic E-state index is -0.119. The van der Waals surface area contributed by atoms with Crippen LogP contribution in [0.4, 0.5) is 0 Å². The number of hydrogen-bond acceptors (Lipinski definition) is 4. The molecule has 3 rings (SSSR count). The van der Waals surface area contributed by atoms with Gasteiger partial charge in [0.2, 0.25) is 0 Å². The second-order valence-electron chi connectivity index (χ2n) is 4.42. The molecule has 1 aliphatic rings. The SMILES string of the molecule is COC(=O)C1CCc2cnc(-c3cccs3)n2C1. The molecule has 4 nitrogen and oxygen atoms in total. The predicted molar refractivity (Wildman–Crippen MR) is 69.4 cm³/mol. The minimum Gasteiger partial charge on any atom is -0.469 e. The summed E-state index contributed by atoms with van der Waals surface area (Å²) in [5, 5.41) is 2.04. The summed E-state index contributed by atoms with van der Waals surface area (Å²) >= 11 is 1.67. The maximum Gasteiger partial charge on any atom is 0.310 e. The summed E-state index contributed by atoms with van der Waals surface area (Å²) in [5.74, 6) is 0.801. The van der Waals surface area contributed by atoms with Crippen LogP contribution in [0.2, 0.25) is 0 Å². The van der Waals surface area contributed by atoms with Gasteiger partial charge in [0, 0.05) is 18.4 Å². The summed E-state index contributed by atoms with van der Waals surface area (Å²) < 4.78 is 6.99. The Labute approximate surface area is 109 Å². The van der Waals surface area contributed by atoms with Gasteiger partial charge in [-0.15, -0.1) is 11.3 Å². The van der Waals surface area contributed by atoms with E-state index in [1.54, 1.807) is 11.3 Å². The number of nitrogens with zero attached hydrogens (tertiary/aromatic N) is 2. The Hall–Kier alpha value is -1.62. The van der Waals surface area contributed by atoms with Crippen molar-refractivity contribution in [1.29, 1.82) is 0 Å². The summed E-state index contributed by atoms with van der Waals surface area (Å²) in [6, 6.07) is 4.07. The second-order valence-corrected chi connectivity index (χ2v) is 5.37. The first-order valence-electron chi connectivity index (χ1n) is 5.95. The maximum atomic E-state index is 11.6. The number of methoxy groups -OCH3 is 1. The molecule has 0 radical (unpaired) electrons. The molecule has 1 aliphatic heterocycles. The van der Waals surface area contributed by atoms with Gasteiger partial charge in [-0.05, 0) is 24.3 Å². The van der Waals surface area contributed by atoms with Gasteiger partial charge >= 0.3 is 5.97 Å². The van der Waals surface area contributed by atoms with E-state index in [2.05, 4.69) is 15.6 Å². The molecule has 0 amide bonds. The number of rotatable bonds is 2. The van der Waals surface area contributed by atoms with Crippen LogP contribution in [-0.4, -0.2) is 22.6 Å². The van der Waals surface area contributed by atoms with E-state index in [1.807, 2.05) is 17.6 Å². The molecular weight excluding hydrogens is 248 g/mol. The smallest absolute Gasteiger partial charge is 0.310 e. The van der Waals surface area contributed by atoms with Gasteiger partial charge in [-0.1, -0.05) is 6.07 Å². The van der Waals surface area contributed by atoms with Crippen molar-refractivity contribution in [3.8, 4) is 10.7 Å². The molecule has 18 heavy (non-hydrogen) atoms. The Morgan fingerprint density at radius 3 is 3.22 bits per heavy atom. The zero-order valence-electron chi connectivity index (χ0n) is 10.1. The first-order valence-corrected chi connectivity index (χ1v) is 6.83. The highest BCUT2D eigenvalue weighted by Crippen LogP contribution is 2.29. The molecule has 0 aromatic carbocycles. The average molecular weight is 262 g/mol. The van der Waals surface area contributed by atoms with E-state index in [1.165, 1.54) is 12.8 Å². The van der Waals surface area contributed by atoms with Crippen LogP contribution in [0.5, 0.6) is 0 Å². The monoisotopic (exact) mass is 262 g/mol. The highest BCUT2D eigenvalue weighted by molar-refractivity contribution is 7.13. The molecular formula is C13H14N2O2S. The number of hydrogen-bond donors (Lipinski definition) is 0. The second kappa shape index (κ2) is 4.57. The van der Waals surface area contributed by atoms with Gasteiger partial charge in [-0.2, -0.15) is 0 Å². The Kier molecular flexibility index (Phi) is 2.91. The lowest BCUT2D eigenvalue weighted by Gasteiger charge is -2.23. The third-order valence-electron chi connectivity index (χ3n) is 3.37. The normalized spacial score (nSPS) is 18.4. The molecule has 0 N–H and O–H groups in total. The standard InChI is InChI=1S/C13H14N2O2S/c1-17-13(16)9-4-5-10-7-14-12(15(10)8-9)11-3-2-6-18-11/h2-3,6-7,9H,4-5,8H2,1H3. The molecule has 1 atom stereocenters. The van der Waals surface area contributed by atoms with Crippen LogP contribution in [-0.2, 0) is 22.5 Å². The van der Waals surface area contributed by atoms with Crippen LogP contribution in [0.1, 0.15) is 12.1 Å². The number of imidazole rings is 1. The summed E-state index contributed by atoms with van der Waals surface area (Å²) in [4.78, 5) is 17.3. The average Bonchev–Trinajstić information content (AvgIpc) is 3.05. The van der Waals surface area contributed by atoms with Crippen LogP contribution < -0.4 is 0 Å². The Balaban J connectivity index is 1.94. The predicted octanol–water partition coefficient (Wildman–Crippen LogP) is 2.35. The van der Waals surface area contributed by atoms with Crippen LogP contribution in [0.3, 0.4) is 0 Å². The molecule has 2 aromatic heterocycles. The number of aromatic nitrogens is 2. The van der Waals surface area contributed by atoms with Gasteiger partial charge in [0.25, 0.3) is 0 Å². The van der Waals surface area contributed by atoms with Crippen LogP contribution in [0, 0.1) is 5.92 Å². The van der Waals surface area contributed by atoms with E-state index in [4.69, 9.17) is 4.74 Å². The Morgan fingerprint density at radius 1 is 1.61 bits per heavy atom. The number of carbonyl (C=O) groups is 1. The molecule has 0 aliphatic carbocycles. The van der Waals surface area contributed by atoms with Gasteiger partial charge in [-0.3, -0.25) is 4.79 Å². The van der Waals surface area contributed by atoms with Crippen LogP contribution in [0.15, 0.2) is 23.7 Å². The number of aryl methyl sites for hydroxylation is 1. The number of esters is 1. The van der Waals surface area contributed by atoms with Crippen molar-refractivity contribution in [3.63, 3.8) is 0 Å². The number of fused-ring (bicyclic) bond motifs is 1. The molecule has 0 fully saturated rings. The molecule has 0 spiro atoms. The van der Waals surface area contributed by atoms with E-state index in [0.29, 0.717) is 6.54 Å². The molecule has 3 heterocycles. The lowest BCUT2D eigenvalue weighted by atomic mass is 9.98. The third-order valence-corrected chi connectivity index (χ3v) is 4.23. The highest BCUT2D eigenvalue weighted by atomic mass is 32.1. The van der Waals surface area contributed by atoms with E-state index >= 15 is 0 Å². The van der Waals surface area contributed by atoms with Crippen molar-refractivity contribution in [2.75, 3.05) is 7.11 Å². The number of thiophene rings is 1. The van der Waals surface area contributed by atoms with E-state index in [9.17, 15) is 4.79 Å². The van der Waals surface area contributed by atoms with Crippen molar-refractivity contribution >= 4 is 17.3 Å².